The number of aromatic nitrogens is 2. The van der Waals surface area contributed by atoms with E-state index < -0.39 is 5.41 Å². The van der Waals surface area contributed by atoms with E-state index in [1.54, 1.807) is 11.8 Å². The Bertz CT molecular complexity index is 965. The number of imidazole rings is 1. The van der Waals surface area contributed by atoms with Crippen molar-refractivity contribution in [3.63, 3.8) is 0 Å². The summed E-state index contributed by atoms with van der Waals surface area (Å²) < 4.78 is 9.00. The molecule has 2 aromatic carbocycles. The second-order valence-corrected chi connectivity index (χ2v) is 7.65. The Labute approximate surface area is 165 Å². The van der Waals surface area contributed by atoms with E-state index in [1.807, 2.05) is 98.5 Å². The molecule has 0 aliphatic rings. The van der Waals surface area contributed by atoms with E-state index in [0.717, 1.165) is 22.7 Å². The van der Waals surface area contributed by atoms with Gasteiger partial charge in [-0.05, 0) is 29.8 Å². The van der Waals surface area contributed by atoms with Crippen molar-refractivity contribution in [3.8, 4) is 17.1 Å². The molecule has 0 radical (unpaired) electrons. The summed E-state index contributed by atoms with van der Waals surface area (Å²) in [5, 5.41) is 4.61. The van der Waals surface area contributed by atoms with Crippen LogP contribution < -0.4 is 9.30 Å². The van der Waals surface area contributed by atoms with Crippen LogP contribution in [0, 0.1) is 5.41 Å². The van der Waals surface area contributed by atoms with Gasteiger partial charge in [0.1, 0.15) is 18.5 Å². The molecule has 0 saturated carbocycles. The van der Waals surface area contributed by atoms with Gasteiger partial charge in [-0.25, -0.2) is 4.57 Å². The van der Waals surface area contributed by atoms with Crippen LogP contribution in [0.25, 0.3) is 11.4 Å². The van der Waals surface area contributed by atoms with Gasteiger partial charge < -0.3 is 4.74 Å². The predicted octanol–water partition coefficient (Wildman–Crippen LogP) is 3.95. The van der Waals surface area contributed by atoms with Crippen molar-refractivity contribution in [2.45, 2.75) is 27.3 Å². The Morgan fingerprint density at radius 2 is 1.79 bits per heavy atom. The molecule has 144 valence electrons. The van der Waals surface area contributed by atoms with Crippen LogP contribution in [0.1, 0.15) is 26.3 Å². The number of rotatable bonds is 6. The van der Waals surface area contributed by atoms with Crippen LogP contribution >= 0.6 is 0 Å². The lowest BCUT2D eigenvalue weighted by molar-refractivity contribution is -0.673. The standard InChI is InChI=1S/C23H26N3O2/c1-23(2,3)21(27)17-25-14-15-26(24-16-18-8-6-5-7-9-18)22(25)19-10-12-20(28-4)13-11-19/h5-16H,17H2,1-4H3/q+1. The Hall–Kier alpha value is -3.21. The van der Waals surface area contributed by atoms with E-state index in [0.29, 0.717) is 6.54 Å². The lowest BCUT2D eigenvalue weighted by Gasteiger charge is -2.15. The third kappa shape index (κ3) is 4.55. The second kappa shape index (κ2) is 8.21. The van der Waals surface area contributed by atoms with Crippen molar-refractivity contribution in [2.75, 3.05) is 7.11 Å². The van der Waals surface area contributed by atoms with Gasteiger partial charge in [-0.15, -0.1) is 4.68 Å². The fraction of sp³-hybridized carbons (Fsp3) is 0.261. The van der Waals surface area contributed by atoms with Crippen molar-refractivity contribution >= 4 is 12.0 Å². The summed E-state index contributed by atoms with van der Waals surface area (Å²) in [6.07, 6.45) is 5.57. The van der Waals surface area contributed by atoms with Gasteiger partial charge in [-0.2, -0.15) is 0 Å². The summed E-state index contributed by atoms with van der Waals surface area (Å²) >= 11 is 0. The molecule has 3 rings (SSSR count). The van der Waals surface area contributed by atoms with Crippen molar-refractivity contribution in [3.05, 3.63) is 72.6 Å². The van der Waals surface area contributed by atoms with E-state index >= 15 is 0 Å². The largest absolute Gasteiger partial charge is 0.497 e. The SMILES string of the molecule is COc1ccc(-c2n(N=Cc3ccccc3)cc[n+]2CC(=O)C(C)(C)C)cc1. The molecule has 3 aromatic rings. The lowest BCUT2D eigenvalue weighted by Crippen LogP contribution is -2.42. The second-order valence-electron chi connectivity index (χ2n) is 7.65. The van der Waals surface area contributed by atoms with Gasteiger partial charge in [0.2, 0.25) is 0 Å². The predicted molar refractivity (Wildman–Crippen MR) is 111 cm³/mol. The maximum atomic E-state index is 12.6. The molecule has 28 heavy (non-hydrogen) atoms. The van der Waals surface area contributed by atoms with E-state index in [2.05, 4.69) is 5.10 Å². The summed E-state index contributed by atoms with van der Waals surface area (Å²) in [6.45, 7) is 6.10. The van der Waals surface area contributed by atoms with Gasteiger partial charge in [0, 0.05) is 5.41 Å². The topological polar surface area (TPSA) is 47.5 Å². The number of benzene rings is 2. The quantitative estimate of drug-likeness (QED) is 0.483. The van der Waals surface area contributed by atoms with Crippen LogP contribution in [0.5, 0.6) is 5.75 Å². The normalized spacial score (nSPS) is 11.7. The molecule has 0 aliphatic carbocycles. The number of carbonyl (C=O) groups excluding carboxylic acids is 1. The van der Waals surface area contributed by atoms with Crippen LogP contribution in [-0.2, 0) is 11.3 Å². The zero-order chi connectivity index (χ0) is 20.1. The monoisotopic (exact) mass is 376 g/mol. The summed E-state index contributed by atoms with van der Waals surface area (Å²) in [5.74, 6) is 1.79. The summed E-state index contributed by atoms with van der Waals surface area (Å²) in [5.41, 5.74) is 1.56. The molecule has 0 spiro atoms. The molecule has 0 N–H and O–H groups in total. The van der Waals surface area contributed by atoms with E-state index in [1.165, 1.54) is 0 Å². The van der Waals surface area contributed by atoms with Gasteiger partial charge in [0.05, 0.1) is 18.9 Å². The molecule has 5 heteroatoms. The molecular formula is C23H26N3O2+. The van der Waals surface area contributed by atoms with Crippen LogP contribution in [-0.4, -0.2) is 23.8 Å². The van der Waals surface area contributed by atoms with Gasteiger partial charge in [0.15, 0.2) is 12.0 Å². The molecule has 1 aromatic heterocycles. The molecule has 0 unspecified atom stereocenters. The van der Waals surface area contributed by atoms with E-state index in [4.69, 9.17) is 4.74 Å². The lowest BCUT2D eigenvalue weighted by atomic mass is 9.91. The first kappa shape index (κ1) is 19.5. The molecule has 0 amide bonds. The first-order valence-electron chi connectivity index (χ1n) is 9.26. The first-order valence-corrected chi connectivity index (χ1v) is 9.26. The zero-order valence-corrected chi connectivity index (χ0v) is 16.8. The van der Waals surface area contributed by atoms with Crippen molar-refractivity contribution in [2.24, 2.45) is 10.5 Å². The summed E-state index contributed by atoms with van der Waals surface area (Å²) in [7, 11) is 1.64. The Balaban J connectivity index is 2.01. The maximum absolute atomic E-state index is 12.6. The molecule has 5 nitrogen and oxygen atoms in total. The van der Waals surface area contributed by atoms with E-state index in [9.17, 15) is 4.79 Å². The highest BCUT2D eigenvalue weighted by Gasteiger charge is 2.27. The number of ether oxygens (including phenoxy) is 1. The van der Waals surface area contributed by atoms with Gasteiger partial charge in [0.25, 0.3) is 0 Å². The Morgan fingerprint density at radius 1 is 1.11 bits per heavy atom. The van der Waals surface area contributed by atoms with Gasteiger partial charge >= 0.3 is 5.82 Å². The van der Waals surface area contributed by atoms with Crippen LogP contribution in [0.2, 0.25) is 0 Å². The minimum atomic E-state index is -0.403. The molecule has 0 atom stereocenters. The minimum Gasteiger partial charge on any atom is -0.497 e. The van der Waals surface area contributed by atoms with Crippen LogP contribution in [0.3, 0.4) is 0 Å². The fourth-order valence-corrected chi connectivity index (χ4v) is 2.74. The van der Waals surface area contributed by atoms with Crippen LogP contribution in [0.15, 0.2) is 72.1 Å². The highest BCUT2D eigenvalue weighted by Crippen LogP contribution is 2.21. The summed E-state index contributed by atoms with van der Waals surface area (Å²) in [6, 6.07) is 17.7. The molecule has 0 aliphatic heterocycles. The number of ketones is 1. The van der Waals surface area contributed by atoms with Crippen molar-refractivity contribution in [1.82, 2.24) is 4.68 Å². The van der Waals surface area contributed by atoms with Crippen LogP contribution in [0.4, 0.5) is 0 Å². The smallest absolute Gasteiger partial charge is 0.314 e. The Kier molecular flexibility index (Phi) is 5.73. The number of Topliss-reactive ketones (excluding diaryl/α,β-unsaturated/α-hetero) is 1. The molecule has 0 fully saturated rings. The minimum absolute atomic E-state index is 0.164. The molecule has 0 bridgehead atoms. The number of carbonyl (C=O) groups is 1. The van der Waals surface area contributed by atoms with Crippen molar-refractivity contribution < 1.29 is 14.1 Å². The number of methoxy groups -OCH3 is 1. The summed E-state index contributed by atoms with van der Waals surface area (Å²) in [4.78, 5) is 12.6. The third-order valence-corrected chi connectivity index (χ3v) is 4.51. The first-order chi connectivity index (χ1) is 13.4. The molecular weight excluding hydrogens is 350 g/mol. The zero-order valence-electron chi connectivity index (χ0n) is 16.8. The average molecular weight is 376 g/mol. The third-order valence-electron chi connectivity index (χ3n) is 4.51. The van der Waals surface area contributed by atoms with E-state index in [-0.39, 0.29) is 5.78 Å². The van der Waals surface area contributed by atoms with Gasteiger partial charge in [-0.3, -0.25) is 4.79 Å². The number of nitrogens with zero attached hydrogens (tertiary/aromatic N) is 3. The molecule has 1 heterocycles. The highest BCUT2D eigenvalue weighted by atomic mass is 16.5. The average Bonchev–Trinajstić information content (AvgIpc) is 3.09. The fourth-order valence-electron chi connectivity index (χ4n) is 2.74. The number of hydrogen-bond donors (Lipinski definition) is 0. The highest BCUT2D eigenvalue weighted by molar-refractivity contribution is 5.82. The molecule has 0 saturated heterocycles. The Morgan fingerprint density at radius 3 is 2.39 bits per heavy atom. The maximum Gasteiger partial charge on any atom is 0.314 e. The van der Waals surface area contributed by atoms with Crippen molar-refractivity contribution in [1.29, 1.82) is 0 Å². The van der Waals surface area contributed by atoms with Gasteiger partial charge in [-0.1, -0.05) is 56.2 Å². The number of hydrogen-bond acceptors (Lipinski definition) is 3.